The van der Waals surface area contributed by atoms with E-state index in [9.17, 15) is 18.0 Å². The van der Waals surface area contributed by atoms with Crippen LogP contribution in [0.5, 0.6) is 5.88 Å². The van der Waals surface area contributed by atoms with E-state index in [1.807, 2.05) is 0 Å². The van der Waals surface area contributed by atoms with Crippen LogP contribution in [0.4, 0.5) is 13.2 Å². The van der Waals surface area contributed by atoms with Gasteiger partial charge in [-0.25, -0.2) is 4.98 Å². The smallest absolute Gasteiger partial charge is 0.471 e. The van der Waals surface area contributed by atoms with Crippen molar-refractivity contribution >= 4 is 5.91 Å². The molecule has 11 heteroatoms. The number of alkyl halides is 3. The molecule has 4 heterocycles. The van der Waals surface area contributed by atoms with Crippen molar-refractivity contribution in [1.29, 1.82) is 0 Å². The molecule has 4 rings (SSSR count). The molecule has 3 aromatic heterocycles. The summed E-state index contributed by atoms with van der Waals surface area (Å²) < 4.78 is 47.6. The third-order valence-corrected chi connectivity index (χ3v) is 4.29. The molecule has 0 aromatic carbocycles. The minimum atomic E-state index is -4.71. The van der Waals surface area contributed by atoms with Gasteiger partial charge in [-0.2, -0.15) is 18.2 Å². The normalized spacial score (nSPS) is 16.8. The average molecular weight is 405 g/mol. The maximum Gasteiger partial charge on any atom is 0.471 e. The molecule has 1 saturated heterocycles. The second kappa shape index (κ2) is 7.49. The Labute approximate surface area is 162 Å². The van der Waals surface area contributed by atoms with Crippen LogP contribution in [0.3, 0.4) is 0 Å². The minimum Gasteiger partial charge on any atom is -0.472 e. The van der Waals surface area contributed by atoms with Crippen molar-refractivity contribution in [2.24, 2.45) is 0 Å². The molecule has 1 atom stereocenters. The Hall–Kier alpha value is -3.50. The van der Waals surface area contributed by atoms with Gasteiger partial charge in [0.1, 0.15) is 6.10 Å². The van der Waals surface area contributed by atoms with Gasteiger partial charge in [0.25, 0.3) is 5.91 Å². The third kappa shape index (κ3) is 4.18. The third-order valence-electron chi connectivity index (χ3n) is 4.29. The Morgan fingerprint density at radius 3 is 2.76 bits per heavy atom. The Kier molecular flexibility index (Phi) is 4.87. The van der Waals surface area contributed by atoms with Crippen LogP contribution >= 0.6 is 0 Å². The molecule has 150 valence electrons. The molecule has 0 saturated carbocycles. The van der Waals surface area contributed by atoms with E-state index in [-0.39, 0.29) is 29.3 Å². The number of hydrogen-bond donors (Lipinski definition) is 0. The summed E-state index contributed by atoms with van der Waals surface area (Å²) >= 11 is 0. The lowest BCUT2D eigenvalue weighted by molar-refractivity contribution is -0.159. The predicted octanol–water partition coefficient (Wildman–Crippen LogP) is 2.84. The van der Waals surface area contributed by atoms with E-state index in [0.717, 1.165) is 0 Å². The monoisotopic (exact) mass is 405 g/mol. The highest BCUT2D eigenvalue weighted by atomic mass is 19.4. The molecule has 1 aliphatic rings. The number of aromatic nitrogens is 4. The van der Waals surface area contributed by atoms with Crippen LogP contribution in [0.15, 0.2) is 47.4 Å². The zero-order chi connectivity index (χ0) is 20.4. The van der Waals surface area contributed by atoms with Gasteiger partial charge in [0, 0.05) is 43.2 Å². The fourth-order valence-corrected chi connectivity index (χ4v) is 2.89. The van der Waals surface area contributed by atoms with Crippen molar-refractivity contribution < 1.29 is 27.2 Å². The molecule has 0 spiro atoms. The van der Waals surface area contributed by atoms with Gasteiger partial charge in [-0.15, -0.1) is 0 Å². The molecule has 1 fully saturated rings. The first-order valence-corrected chi connectivity index (χ1v) is 8.63. The largest absolute Gasteiger partial charge is 0.472 e. The molecule has 0 unspecified atom stereocenters. The number of carbonyl (C=O) groups is 1. The number of carbonyl (C=O) groups excluding carboxylic acids is 1. The van der Waals surface area contributed by atoms with Crippen LogP contribution in [0.1, 0.15) is 22.7 Å². The second-order valence-corrected chi connectivity index (χ2v) is 6.33. The van der Waals surface area contributed by atoms with Crippen molar-refractivity contribution in [1.82, 2.24) is 25.0 Å². The summed E-state index contributed by atoms with van der Waals surface area (Å²) in [6.07, 6.45) is 0.0993. The first kappa shape index (κ1) is 18.8. The van der Waals surface area contributed by atoms with Crippen molar-refractivity contribution in [3.63, 3.8) is 0 Å². The highest BCUT2D eigenvalue weighted by Crippen LogP contribution is 2.29. The van der Waals surface area contributed by atoms with E-state index >= 15 is 0 Å². The second-order valence-electron chi connectivity index (χ2n) is 6.33. The Bertz CT molecular complexity index is 992. The van der Waals surface area contributed by atoms with Crippen molar-refractivity contribution in [3.8, 4) is 17.3 Å². The van der Waals surface area contributed by atoms with Crippen LogP contribution in [0.25, 0.3) is 11.4 Å². The molecule has 3 aromatic rings. The van der Waals surface area contributed by atoms with Gasteiger partial charge in [-0.3, -0.25) is 9.78 Å². The van der Waals surface area contributed by atoms with Crippen molar-refractivity contribution in [3.05, 3.63) is 54.3 Å². The van der Waals surface area contributed by atoms with Crippen LogP contribution in [0, 0.1) is 0 Å². The zero-order valence-electron chi connectivity index (χ0n) is 14.8. The minimum absolute atomic E-state index is 0.120. The van der Waals surface area contributed by atoms with Crippen LogP contribution < -0.4 is 4.74 Å². The van der Waals surface area contributed by atoms with E-state index in [1.54, 1.807) is 23.2 Å². The first-order valence-electron chi connectivity index (χ1n) is 8.63. The zero-order valence-corrected chi connectivity index (χ0v) is 14.8. The van der Waals surface area contributed by atoms with Crippen molar-refractivity contribution in [2.75, 3.05) is 13.1 Å². The number of hydrogen-bond acceptors (Lipinski definition) is 7. The van der Waals surface area contributed by atoms with E-state index in [0.29, 0.717) is 25.1 Å². The summed E-state index contributed by atoms with van der Waals surface area (Å²) in [6.45, 7) is 0.941. The summed E-state index contributed by atoms with van der Waals surface area (Å²) in [6, 6.07) is 6.39. The highest BCUT2D eigenvalue weighted by molar-refractivity contribution is 5.94. The molecule has 1 amide bonds. The van der Waals surface area contributed by atoms with E-state index in [2.05, 4.69) is 24.6 Å². The van der Waals surface area contributed by atoms with Gasteiger partial charge < -0.3 is 14.2 Å². The molecule has 8 nitrogen and oxygen atoms in total. The number of rotatable bonds is 4. The maximum atomic E-state index is 12.5. The Morgan fingerprint density at radius 2 is 2.10 bits per heavy atom. The summed E-state index contributed by atoms with van der Waals surface area (Å²) in [5, 5.41) is 3.31. The van der Waals surface area contributed by atoms with Crippen molar-refractivity contribution in [2.45, 2.75) is 18.7 Å². The number of likely N-dealkylation sites (tertiary alicyclic amines) is 1. The van der Waals surface area contributed by atoms with E-state index in [1.165, 1.54) is 24.5 Å². The first-order chi connectivity index (χ1) is 13.9. The molecule has 0 N–H and O–H groups in total. The molecule has 0 aliphatic carbocycles. The molecular formula is C18H14F3N5O3. The maximum absolute atomic E-state index is 12.5. The van der Waals surface area contributed by atoms with Crippen LogP contribution in [-0.4, -0.2) is 50.1 Å². The molecular weight excluding hydrogens is 391 g/mol. The molecule has 0 bridgehead atoms. The van der Waals surface area contributed by atoms with Gasteiger partial charge >= 0.3 is 12.1 Å². The van der Waals surface area contributed by atoms with Gasteiger partial charge in [-0.1, -0.05) is 5.16 Å². The van der Waals surface area contributed by atoms with Gasteiger partial charge in [0.15, 0.2) is 0 Å². The number of pyridine rings is 2. The molecule has 0 radical (unpaired) electrons. The lowest BCUT2D eigenvalue weighted by atomic mass is 10.2. The quantitative estimate of drug-likeness (QED) is 0.659. The fourth-order valence-electron chi connectivity index (χ4n) is 2.89. The highest BCUT2D eigenvalue weighted by Gasteiger charge is 2.38. The topological polar surface area (TPSA) is 94.2 Å². The Morgan fingerprint density at radius 1 is 1.24 bits per heavy atom. The summed E-state index contributed by atoms with van der Waals surface area (Å²) in [5.74, 6) is -1.47. The fraction of sp³-hybridized carbons (Fsp3) is 0.278. The average Bonchev–Trinajstić information content (AvgIpc) is 3.38. The lowest BCUT2D eigenvalue weighted by Gasteiger charge is -2.16. The lowest BCUT2D eigenvalue weighted by Crippen LogP contribution is -2.31. The van der Waals surface area contributed by atoms with Crippen LogP contribution in [-0.2, 0) is 6.18 Å². The Balaban J connectivity index is 1.37. The molecule has 1 aliphatic heterocycles. The summed E-state index contributed by atoms with van der Waals surface area (Å²) in [4.78, 5) is 25.4. The number of nitrogens with zero attached hydrogens (tertiary/aromatic N) is 5. The summed E-state index contributed by atoms with van der Waals surface area (Å²) in [5.41, 5.74) is 0.769. The van der Waals surface area contributed by atoms with E-state index in [4.69, 9.17) is 4.74 Å². The molecule has 29 heavy (non-hydrogen) atoms. The number of amides is 1. The van der Waals surface area contributed by atoms with Gasteiger partial charge in [0.2, 0.25) is 11.7 Å². The van der Waals surface area contributed by atoms with E-state index < -0.39 is 12.1 Å². The van der Waals surface area contributed by atoms with Gasteiger partial charge in [0.05, 0.1) is 12.1 Å². The SMILES string of the molecule is O=C(c1cccnc1)N1CC[C@H](Oc2ccc(-c3noc(C(F)(F)F)n3)cn2)C1. The standard InChI is InChI=1S/C18H14F3N5O3/c19-18(20,21)17-24-15(25-29-17)11-3-4-14(23-9-11)28-13-5-7-26(10-13)16(27)12-2-1-6-22-8-12/h1-4,6,8-9,13H,5,7,10H2/t13-/m0/s1. The predicted molar refractivity (Wildman–Crippen MR) is 91.7 cm³/mol. The van der Waals surface area contributed by atoms with Crippen LogP contribution in [0.2, 0.25) is 0 Å². The summed E-state index contributed by atoms with van der Waals surface area (Å²) in [7, 11) is 0. The van der Waals surface area contributed by atoms with Gasteiger partial charge in [-0.05, 0) is 18.2 Å². The number of ether oxygens (including phenoxy) is 1. The number of halogens is 3.